The predicted molar refractivity (Wildman–Crippen MR) is 90.2 cm³/mol. The molecule has 0 bridgehead atoms. The Morgan fingerprint density at radius 1 is 1.00 bits per heavy atom. The molecule has 0 unspecified atom stereocenters. The first-order valence-corrected chi connectivity index (χ1v) is 7.38. The molecule has 0 radical (unpaired) electrons. The lowest BCUT2D eigenvalue weighted by Crippen LogP contribution is -2.42. The van der Waals surface area contributed by atoms with Crippen molar-refractivity contribution in [3.63, 3.8) is 0 Å². The fourth-order valence-electron chi connectivity index (χ4n) is 2.22. The molecular weight excluding hydrogens is 324 g/mol. The molecule has 0 aromatic heterocycles. The third-order valence-corrected chi connectivity index (χ3v) is 3.54. The van der Waals surface area contributed by atoms with Crippen LogP contribution in [0, 0.1) is 17.3 Å². The molecule has 1 aromatic carbocycles. The highest BCUT2D eigenvalue weighted by molar-refractivity contribution is 6.02. The Balaban J connectivity index is 3.22. The average molecular weight is 344 g/mol. The Kier molecular flexibility index (Phi) is 7.42. The number of hydrogen-bond acceptors (Lipinski definition) is 6. The van der Waals surface area contributed by atoms with Crippen molar-refractivity contribution in [3.8, 4) is 11.8 Å². The molecule has 25 heavy (non-hydrogen) atoms. The monoisotopic (exact) mass is 344 g/mol. The van der Waals surface area contributed by atoms with E-state index in [-0.39, 0.29) is 18.4 Å². The fourth-order valence-corrected chi connectivity index (χ4v) is 2.22. The van der Waals surface area contributed by atoms with Crippen LogP contribution >= 0.6 is 0 Å². The van der Waals surface area contributed by atoms with Crippen LogP contribution in [0.3, 0.4) is 0 Å². The van der Waals surface area contributed by atoms with Gasteiger partial charge in [0.15, 0.2) is 5.41 Å². The van der Waals surface area contributed by atoms with Gasteiger partial charge in [-0.05, 0) is 12.1 Å². The molecule has 0 aliphatic rings. The standard InChI is InChI=1S/C19H20O6/c1-14(16(20)23-2)13-19(17(21)24-3,18(22)25-4)12-8-11-15-9-6-5-7-10-15/h5-7,9-10H,1,12-13H2,2-4H3. The minimum Gasteiger partial charge on any atom is -0.468 e. The van der Waals surface area contributed by atoms with Gasteiger partial charge in [-0.25, -0.2) is 4.79 Å². The SMILES string of the molecule is C=C(CC(CC#Cc1ccccc1)(C(=O)OC)C(=O)OC)C(=O)OC. The van der Waals surface area contributed by atoms with E-state index >= 15 is 0 Å². The molecule has 6 nitrogen and oxygen atoms in total. The van der Waals surface area contributed by atoms with Gasteiger partial charge in [0.2, 0.25) is 0 Å². The molecule has 1 aromatic rings. The van der Waals surface area contributed by atoms with Crippen LogP contribution in [0.5, 0.6) is 0 Å². The van der Waals surface area contributed by atoms with E-state index in [9.17, 15) is 14.4 Å². The van der Waals surface area contributed by atoms with Crippen molar-refractivity contribution in [2.24, 2.45) is 5.41 Å². The first-order chi connectivity index (χ1) is 11.9. The van der Waals surface area contributed by atoms with E-state index in [0.717, 1.165) is 19.8 Å². The van der Waals surface area contributed by atoms with E-state index in [2.05, 4.69) is 23.2 Å². The van der Waals surface area contributed by atoms with Crippen LogP contribution in [0.1, 0.15) is 18.4 Å². The van der Waals surface area contributed by atoms with Crippen LogP contribution < -0.4 is 0 Å². The lowest BCUT2D eigenvalue weighted by Gasteiger charge is -2.26. The molecule has 0 aliphatic heterocycles. The molecule has 0 N–H and O–H groups in total. The second kappa shape index (κ2) is 9.28. The third-order valence-electron chi connectivity index (χ3n) is 3.54. The van der Waals surface area contributed by atoms with E-state index in [4.69, 9.17) is 9.47 Å². The lowest BCUT2D eigenvalue weighted by molar-refractivity contribution is -0.168. The summed E-state index contributed by atoms with van der Waals surface area (Å²) in [4.78, 5) is 36.3. The number of rotatable bonds is 6. The van der Waals surface area contributed by atoms with Gasteiger partial charge in [0.05, 0.1) is 21.3 Å². The van der Waals surface area contributed by atoms with Gasteiger partial charge in [-0.2, -0.15) is 0 Å². The van der Waals surface area contributed by atoms with E-state index < -0.39 is 23.3 Å². The number of benzene rings is 1. The molecule has 0 saturated heterocycles. The van der Waals surface area contributed by atoms with Crippen LogP contribution in [0.25, 0.3) is 0 Å². The van der Waals surface area contributed by atoms with Crippen molar-refractivity contribution >= 4 is 17.9 Å². The van der Waals surface area contributed by atoms with Crippen molar-refractivity contribution in [2.75, 3.05) is 21.3 Å². The number of hydrogen-bond donors (Lipinski definition) is 0. The van der Waals surface area contributed by atoms with Gasteiger partial charge in [-0.15, -0.1) is 0 Å². The summed E-state index contributed by atoms with van der Waals surface area (Å²) < 4.78 is 14.1. The molecule has 0 heterocycles. The zero-order valence-electron chi connectivity index (χ0n) is 14.5. The van der Waals surface area contributed by atoms with Crippen molar-refractivity contribution in [2.45, 2.75) is 12.8 Å². The Morgan fingerprint density at radius 2 is 1.56 bits per heavy atom. The Morgan fingerprint density at radius 3 is 2.04 bits per heavy atom. The molecule has 0 fully saturated rings. The summed E-state index contributed by atoms with van der Waals surface area (Å²) in [5, 5.41) is 0. The summed E-state index contributed by atoms with van der Waals surface area (Å²) in [7, 11) is 3.47. The molecule has 0 atom stereocenters. The van der Waals surface area contributed by atoms with Crippen LogP contribution in [-0.2, 0) is 28.6 Å². The van der Waals surface area contributed by atoms with Crippen LogP contribution in [-0.4, -0.2) is 39.2 Å². The number of carbonyl (C=O) groups excluding carboxylic acids is 3. The number of carbonyl (C=O) groups is 3. The van der Waals surface area contributed by atoms with E-state index in [1.807, 2.05) is 18.2 Å². The normalized spacial score (nSPS) is 10.0. The van der Waals surface area contributed by atoms with Gasteiger partial charge in [0.25, 0.3) is 0 Å². The van der Waals surface area contributed by atoms with E-state index in [0.29, 0.717) is 0 Å². The fraction of sp³-hybridized carbons (Fsp3) is 0.316. The van der Waals surface area contributed by atoms with Gasteiger partial charge in [-0.1, -0.05) is 36.6 Å². The summed E-state index contributed by atoms with van der Waals surface area (Å²) in [6.07, 6.45) is -0.514. The molecule has 0 aliphatic carbocycles. The summed E-state index contributed by atoms with van der Waals surface area (Å²) in [5.74, 6) is 3.22. The summed E-state index contributed by atoms with van der Waals surface area (Å²) in [5.41, 5.74) is -1.13. The minimum atomic E-state index is -1.80. The second-order valence-corrected chi connectivity index (χ2v) is 5.18. The first kappa shape index (κ1) is 20.0. The number of methoxy groups -OCH3 is 3. The van der Waals surface area contributed by atoms with Crippen LogP contribution in [0.15, 0.2) is 42.5 Å². The smallest absolute Gasteiger partial charge is 0.333 e. The first-order valence-electron chi connectivity index (χ1n) is 7.38. The maximum Gasteiger partial charge on any atom is 0.333 e. The maximum atomic E-state index is 12.3. The molecular formula is C19H20O6. The van der Waals surface area contributed by atoms with Gasteiger partial charge < -0.3 is 14.2 Å². The van der Waals surface area contributed by atoms with Crippen LogP contribution in [0.4, 0.5) is 0 Å². The highest BCUT2D eigenvalue weighted by atomic mass is 16.5. The number of esters is 3. The maximum absolute atomic E-state index is 12.3. The predicted octanol–water partition coefficient (Wildman–Crippen LogP) is 1.88. The largest absolute Gasteiger partial charge is 0.468 e. The molecule has 1 rings (SSSR count). The molecule has 6 heteroatoms. The number of ether oxygens (including phenoxy) is 3. The van der Waals surface area contributed by atoms with Gasteiger partial charge in [0, 0.05) is 24.0 Å². The van der Waals surface area contributed by atoms with Gasteiger partial charge in [0.1, 0.15) is 0 Å². The lowest BCUT2D eigenvalue weighted by atomic mass is 9.78. The molecule has 0 amide bonds. The van der Waals surface area contributed by atoms with Crippen molar-refractivity contribution in [1.82, 2.24) is 0 Å². The minimum absolute atomic E-state index is 0.0557. The Labute approximate surface area is 146 Å². The van der Waals surface area contributed by atoms with Crippen molar-refractivity contribution in [1.29, 1.82) is 0 Å². The highest BCUT2D eigenvalue weighted by Crippen LogP contribution is 2.33. The summed E-state index contributed by atoms with van der Waals surface area (Å²) in [6, 6.07) is 9.06. The van der Waals surface area contributed by atoms with Crippen LogP contribution in [0.2, 0.25) is 0 Å². The summed E-state index contributed by atoms with van der Waals surface area (Å²) in [6.45, 7) is 3.57. The Bertz CT molecular complexity index is 692. The van der Waals surface area contributed by atoms with Gasteiger partial charge in [-0.3, -0.25) is 9.59 Å². The summed E-state index contributed by atoms with van der Waals surface area (Å²) >= 11 is 0. The topological polar surface area (TPSA) is 78.9 Å². The quantitative estimate of drug-likeness (QED) is 0.258. The zero-order valence-corrected chi connectivity index (χ0v) is 14.5. The molecule has 0 saturated carbocycles. The van der Waals surface area contributed by atoms with Gasteiger partial charge >= 0.3 is 17.9 Å². The third kappa shape index (κ3) is 4.95. The second-order valence-electron chi connectivity index (χ2n) is 5.18. The van der Waals surface area contributed by atoms with E-state index in [1.165, 1.54) is 7.11 Å². The Hall–Kier alpha value is -3.07. The van der Waals surface area contributed by atoms with Crippen molar-refractivity contribution in [3.05, 3.63) is 48.0 Å². The van der Waals surface area contributed by atoms with E-state index in [1.54, 1.807) is 12.1 Å². The average Bonchev–Trinajstić information content (AvgIpc) is 2.65. The molecule has 0 spiro atoms. The van der Waals surface area contributed by atoms with Crippen molar-refractivity contribution < 1.29 is 28.6 Å². The zero-order chi connectivity index (χ0) is 18.9. The molecule has 132 valence electrons. The highest BCUT2D eigenvalue weighted by Gasteiger charge is 2.49.